The number of carbonyl (C=O) groups excluding carboxylic acids is 1. The van der Waals surface area contributed by atoms with Crippen LogP contribution >= 0.6 is 11.6 Å². The molecule has 1 N–H and O–H groups in total. The van der Waals surface area contributed by atoms with Crippen LogP contribution in [0.2, 0.25) is 5.02 Å². The minimum absolute atomic E-state index is 0.114. The molecule has 25 heavy (non-hydrogen) atoms. The third-order valence-electron chi connectivity index (χ3n) is 4.44. The number of ether oxygens (including phenoxy) is 1. The molecule has 0 unspecified atom stereocenters. The Morgan fingerprint density at radius 1 is 1.32 bits per heavy atom. The molecule has 2 heterocycles. The predicted octanol–water partition coefficient (Wildman–Crippen LogP) is 3.14. The van der Waals surface area contributed by atoms with E-state index in [0.29, 0.717) is 16.3 Å². The number of benzene rings is 1. The van der Waals surface area contributed by atoms with Crippen molar-refractivity contribution in [2.75, 3.05) is 20.2 Å². The third kappa shape index (κ3) is 4.71. The second-order valence-corrected chi connectivity index (χ2v) is 6.63. The zero-order valence-electron chi connectivity index (χ0n) is 14.2. The molecule has 1 fully saturated rings. The number of methoxy groups -OCH3 is 1. The van der Waals surface area contributed by atoms with E-state index in [1.165, 1.54) is 0 Å². The van der Waals surface area contributed by atoms with Gasteiger partial charge in [-0.15, -0.1) is 0 Å². The summed E-state index contributed by atoms with van der Waals surface area (Å²) in [5, 5.41) is 3.66. The number of pyridine rings is 1. The lowest BCUT2D eigenvalue weighted by molar-refractivity contribution is 0.0905. The van der Waals surface area contributed by atoms with E-state index in [2.05, 4.69) is 15.2 Å². The fourth-order valence-electron chi connectivity index (χ4n) is 3.07. The van der Waals surface area contributed by atoms with Gasteiger partial charge in [-0.2, -0.15) is 0 Å². The first-order valence-corrected chi connectivity index (χ1v) is 8.80. The topological polar surface area (TPSA) is 54.5 Å². The van der Waals surface area contributed by atoms with Gasteiger partial charge in [-0.25, -0.2) is 0 Å². The van der Waals surface area contributed by atoms with Crippen molar-refractivity contribution in [3.63, 3.8) is 0 Å². The number of nitrogens with zero attached hydrogens (tertiary/aromatic N) is 2. The molecule has 0 bridgehead atoms. The highest BCUT2D eigenvalue weighted by Crippen LogP contribution is 2.23. The lowest BCUT2D eigenvalue weighted by Crippen LogP contribution is -2.44. The number of likely N-dealkylation sites (tertiary alicyclic amines) is 1. The SMILES string of the molecule is COc1cc(Cl)ccc1C(=O)NC1CCN(Cc2ccccn2)CC1. The van der Waals surface area contributed by atoms with Crippen molar-refractivity contribution < 1.29 is 9.53 Å². The van der Waals surface area contributed by atoms with Crippen LogP contribution in [0.25, 0.3) is 0 Å². The minimum Gasteiger partial charge on any atom is -0.496 e. The van der Waals surface area contributed by atoms with Crippen molar-refractivity contribution in [3.05, 3.63) is 58.9 Å². The molecule has 0 aliphatic carbocycles. The van der Waals surface area contributed by atoms with Crippen LogP contribution in [0.5, 0.6) is 5.75 Å². The number of amides is 1. The highest BCUT2D eigenvalue weighted by molar-refractivity contribution is 6.30. The summed E-state index contributed by atoms with van der Waals surface area (Å²) in [6.07, 6.45) is 3.67. The van der Waals surface area contributed by atoms with E-state index in [-0.39, 0.29) is 11.9 Å². The molecule has 0 atom stereocenters. The van der Waals surface area contributed by atoms with Crippen LogP contribution in [-0.2, 0) is 6.54 Å². The Morgan fingerprint density at radius 2 is 2.12 bits per heavy atom. The van der Waals surface area contributed by atoms with Gasteiger partial charge in [0.15, 0.2) is 0 Å². The molecule has 0 radical (unpaired) electrons. The van der Waals surface area contributed by atoms with E-state index in [1.807, 2.05) is 24.4 Å². The smallest absolute Gasteiger partial charge is 0.255 e. The molecule has 5 nitrogen and oxygen atoms in total. The molecule has 1 aliphatic heterocycles. The zero-order valence-corrected chi connectivity index (χ0v) is 15.0. The Morgan fingerprint density at radius 3 is 2.80 bits per heavy atom. The summed E-state index contributed by atoms with van der Waals surface area (Å²) >= 11 is 5.95. The highest BCUT2D eigenvalue weighted by atomic mass is 35.5. The Labute approximate surface area is 153 Å². The monoisotopic (exact) mass is 359 g/mol. The summed E-state index contributed by atoms with van der Waals surface area (Å²) in [6, 6.07) is 11.2. The molecular weight excluding hydrogens is 338 g/mol. The van der Waals surface area contributed by atoms with E-state index in [0.717, 1.165) is 38.2 Å². The molecule has 1 aromatic heterocycles. The molecule has 6 heteroatoms. The first kappa shape index (κ1) is 17.7. The lowest BCUT2D eigenvalue weighted by Gasteiger charge is -2.32. The summed E-state index contributed by atoms with van der Waals surface area (Å²) in [5.41, 5.74) is 1.60. The van der Waals surface area contributed by atoms with Gasteiger partial charge < -0.3 is 10.1 Å². The number of hydrogen-bond acceptors (Lipinski definition) is 4. The zero-order chi connectivity index (χ0) is 17.6. The minimum atomic E-state index is -0.114. The number of carbonyl (C=O) groups is 1. The Kier molecular flexibility index (Phi) is 5.89. The number of piperidine rings is 1. The molecule has 1 aliphatic rings. The summed E-state index contributed by atoms with van der Waals surface area (Å²) in [5.74, 6) is 0.384. The average Bonchev–Trinajstić information content (AvgIpc) is 2.64. The van der Waals surface area contributed by atoms with Gasteiger partial charge in [0.2, 0.25) is 0 Å². The maximum Gasteiger partial charge on any atom is 0.255 e. The largest absolute Gasteiger partial charge is 0.496 e. The van der Waals surface area contributed by atoms with Crippen molar-refractivity contribution in [3.8, 4) is 5.75 Å². The maximum absolute atomic E-state index is 12.5. The summed E-state index contributed by atoms with van der Waals surface area (Å²) in [4.78, 5) is 19.3. The molecule has 132 valence electrons. The number of rotatable bonds is 5. The standard InChI is InChI=1S/C19H22ClN3O2/c1-25-18-12-14(20)5-6-17(18)19(24)22-15-7-10-23(11-8-15)13-16-4-2-3-9-21-16/h2-6,9,12,15H,7-8,10-11,13H2,1H3,(H,22,24). The van der Waals surface area contributed by atoms with Crippen molar-refractivity contribution in [2.24, 2.45) is 0 Å². The van der Waals surface area contributed by atoms with Crippen LogP contribution in [0.4, 0.5) is 0 Å². The van der Waals surface area contributed by atoms with Crippen molar-refractivity contribution in [1.29, 1.82) is 0 Å². The van der Waals surface area contributed by atoms with Crippen molar-refractivity contribution >= 4 is 17.5 Å². The van der Waals surface area contributed by atoms with E-state index >= 15 is 0 Å². The maximum atomic E-state index is 12.5. The first-order valence-electron chi connectivity index (χ1n) is 8.42. The van der Waals surface area contributed by atoms with Crippen molar-refractivity contribution in [2.45, 2.75) is 25.4 Å². The van der Waals surface area contributed by atoms with E-state index in [4.69, 9.17) is 16.3 Å². The number of halogens is 1. The third-order valence-corrected chi connectivity index (χ3v) is 4.68. The van der Waals surface area contributed by atoms with Crippen LogP contribution in [0, 0.1) is 0 Å². The molecule has 1 amide bonds. The van der Waals surface area contributed by atoms with Crippen LogP contribution < -0.4 is 10.1 Å². The second-order valence-electron chi connectivity index (χ2n) is 6.19. The molecule has 1 saturated heterocycles. The van der Waals surface area contributed by atoms with Gasteiger partial charge in [0.1, 0.15) is 5.75 Å². The van der Waals surface area contributed by atoms with E-state index < -0.39 is 0 Å². The second kappa shape index (κ2) is 8.32. The normalized spacial score (nSPS) is 15.8. The Hall–Kier alpha value is -2.11. The highest BCUT2D eigenvalue weighted by Gasteiger charge is 2.22. The number of nitrogens with one attached hydrogen (secondary N) is 1. The summed E-state index contributed by atoms with van der Waals surface area (Å²) in [7, 11) is 1.54. The predicted molar refractivity (Wildman–Crippen MR) is 98.0 cm³/mol. The molecule has 0 spiro atoms. The van der Waals surface area contributed by atoms with Crippen LogP contribution in [-0.4, -0.2) is 42.0 Å². The Balaban J connectivity index is 1.53. The van der Waals surface area contributed by atoms with Gasteiger partial charge in [-0.1, -0.05) is 17.7 Å². The van der Waals surface area contributed by atoms with Crippen LogP contribution in [0.15, 0.2) is 42.6 Å². The molecule has 0 saturated carbocycles. The van der Waals surface area contributed by atoms with Crippen molar-refractivity contribution in [1.82, 2.24) is 15.2 Å². The lowest BCUT2D eigenvalue weighted by atomic mass is 10.0. The fourth-order valence-corrected chi connectivity index (χ4v) is 3.23. The van der Waals surface area contributed by atoms with Gasteiger partial charge >= 0.3 is 0 Å². The van der Waals surface area contributed by atoms with Crippen LogP contribution in [0.1, 0.15) is 28.9 Å². The molecular formula is C19H22ClN3O2. The van der Waals surface area contributed by atoms with Gasteiger partial charge in [-0.05, 0) is 43.2 Å². The first-order chi connectivity index (χ1) is 12.2. The van der Waals surface area contributed by atoms with E-state index in [1.54, 1.807) is 25.3 Å². The quantitative estimate of drug-likeness (QED) is 0.891. The molecule has 3 rings (SSSR count). The summed E-state index contributed by atoms with van der Waals surface area (Å²) < 4.78 is 5.26. The number of aromatic nitrogens is 1. The summed E-state index contributed by atoms with van der Waals surface area (Å²) in [6.45, 7) is 2.74. The molecule has 2 aromatic rings. The number of hydrogen-bond donors (Lipinski definition) is 1. The molecule has 1 aromatic carbocycles. The van der Waals surface area contributed by atoms with Gasteiger partial charge in [0.05, 0.1) is 18.4 Å². The fraction of sp³-hybridized carbons (Fsp3) is 0.368. The Bertz CT molecular complexity index is 716. The average molecular weight is 360 g/mol. The van der Waals surface area contributed by atoms with Gasteiger partial charge in [0, 0.05) is 36.9 Å². The van der Waals surface area contributed by atoms with Gasteiger partial charge in [-0.3, -0.25) is 14.7 Å². The van der Waals surface area contributed by atoms with Gasteiger partial charge in [0.25, 0.3) is 5.91 Å². The van der Waals surface area contributed by atoms with Crippen LogP contribution in [0.3, 0.4) is 0 Å². The van der Waals surface area contributed by atoms with E-state index in [9.17, 15) is 4.79 Å².